The molecule has 2 rings (SSSR count). The minimum atomic E-state index is 0.457. The van der Waals surface area contributed by atoms with Gasteiger partial charge in [-0.15, -0.1) is 0 Å². The highest BCUT2D eigenvalue weighted by atomic mass is 32.1. The first kappa shape index (κ1) is 11.1. The molecule has 1 aromatic heterocycles. The van der Waals surface area contributed by atoms with Crippen LogP contribution in [-0.4, -0.2) is 23.5 Å². The fourth-order valence-electron chi connectivity index (χ4n) is 2.03. The van der Waals surface area contributed by atoms with Crippen molar-refractivity contribution in [3.05, 3.63) is 21.3 Å². The SMILES string of the molecule is CN1CCc2c(c(NN)[nH]c(=S)c2C#N)C1. The molecule has 6 heteroatoms. The van der Waals surface area contributed by atoms with Crippen molar-refractivity contribution in [2.45, 2.75) is 13.0 Å². The highest BCUT2D eigenvalue weighted by Crippen LogP contribution is 2.26. The fourth-order valence-corrected chi connectivity index (χ4v) is 2.30. The largest absolute Gasteiger partial charge is 0.331 e. The number of anilines is 1. The number of hydrogen-bond acceptors (Lipinski definition) is 5. The molecule has 0 bridgehead atoms. The van der Waals surface area contributed by atoms with Crippen LogP contribution in [0.15, 0.2) is 0 Å². The van der Waals surface area contributed by atoms with Crippen molar-refractivity contribution in [2.75, 3.05) is 19.0 Å². The molecule has 4 N–H and O–H groups in total. The predicted octanol–water partition coefficient (Wildman–Crippen LogP) is 0.889. The standard InChI is InChI=1S/C10H13N5S/c1-15-3-2-6-7(4-11)10(16)13-9(14-12)8(6)5-15/h2-3,5,12H2,1H3,(H2,13,14,16). The number of H-pyrrole nitrogens is 1. The lowest BCUT2D eigenvalue weighted by atomic mass is 9.97. The molecule has 0 saturated heterocycles. The van der Waals surface area contributed by atoms with Crippen LogP contribution < -0.4 is 11.3 Å². The van der Waals surface area contributed by atoms with Gasteiger partial charge >= 0.3 is 0 Å². The monoisotopic (exact) mass is 235 g/mol. The lowest BCUT2D eigenvalue weighted by molar-refractivity contribution is 0.312. The molecular formula is C10H13N5S. The fraction of sp³-hybridized carbons (Fsp3) is 0.400. The molecule has 0 atom stereocenters. The highest BCUT2D eigenvalue weighted by molar-refractivity contribution is 7.71. The second kappa shape index (κ2) is 4.22. The zero-order chi connectivity index (χ0) is 11.7. The van der Waals surface area contributed by atoms with E-state index in [1.807, 2.05) is 7.05 Å². The van der Waals surface area contributed by atoms with Gasteiger partial charge in [0, 0.05) is 18.7 Å². The quantitative estimate of drug-likeness (QED) is 0.382. The number of hydrazine groups is 1. The maximum atomic E-state index is 9.10. The van der Waals surface area contributed by atoms with Crippen molar-refractivity contribution < 1.29 is 0 Å². The summed E-state index contributed by atoms with van der Waals surface area (Å²) in [4.78, 5) is 5.14. The van der Waals surface area contributed by atoms with Crippen LogP contribution in [0.1, 0.15) is 16.7 Å². The first-order valence-electron chi connectivity index (χ1n) is 5.00. The van der Waals surface area contributed by atoms with Gasteiger partial charge in [0.05, 0.1) is 5.56 Å². The van der Waals surface area contributed by atoms with E-state index in [9.17, 15) is 0 Å². The molecule has 0 fully saturated rings. The molecule has 1 aromatic rings. The van der Waals surface area contributed by atoms with Crippen molar-refractivity contribution >= 4 is 18.0 Å². The third-order valence-electron chi connectivity index (χ3n) is 2.86. The Balaban J connectivity index is 2.68. The third-order valence-corrected chi connectivity index (χ3v) is 3.17. The molecule has 5 nitrogen and oxygen atoms in total. The minimum absolute atomic E-state index is 0.457. The van der Waals surface area contributed by atoms with E-state index >= 15 is 0 Å². The van der Waals surface area contributed by atoms with Crippen LogP contribution in [0, 0.1) is 16.0 Å². The Labute approximate surface area is 98.8 Å². The number of hydrogen-bond donors (Lipinski definition) is 3. The number of aromatic amines is 1. The van der Waals surface area contributed by atoms with Gasteiger partial charge in [0.25, 0.3) is 0 Å². The Bertz CT molecular complexity index is 513. The van der Waals surface area contributed by atoms with Gasteiger partial charge in [-0.1, -0.05) is 12.2 Å². The van der Waals surface area contributed by atoms with E-state index < -0.39 is 0 Å². The molecule has 84 valence electrons. The topological polar surface area (TPSA) is 80.9 Å². The normalized spacial score (nSPS) is 15.3. The summed E-state index contributed by atoms with van der Waals surface area (Å²) in [5, 5.41) is 9.10. The summed E-state index contributed by atoms with van der Waals surface area (Å²) in [5.41, 5.74) is 5.26. The second-order valence-electron chi connectivity index (χ2n) is 3.91. The molecule has 16 heavy (non-hydrogen) atoms. The average molecular weight is 235 g/mol. The van der Waals surface area contributed by atoms with E-state index in [-0.39, 0.29) is 0 Å². The van der Waals surface area contributed by atoms with E-state index in [2.05, 4.69) is 21.4 Å². The van der Waals surface area contributed by atoms with Crippen LogP contribution >= 0.6 is 12.2 Å². The van der Waals surface area contributed by atoms with Crippen molar-refractivity contribution in [3.63, 3.8) is 0 Å². The summed E-state index contributed by atoms with van der Waals surface area (Å²) in [6.07, 6.45) is 0.835. The van der Waals surface area contributed by atoms with Crippen LogP contribution in [0.3, 0.4) is 0 Å². The number of fused-ring (bicyclic) bond motifs is 1. The first-order valence-corrected chi connectivity index (χ1v) is 5.41. The van der Waals surface area contributed by atoms with Gasteiger partial charge in [-0.05, 0) is 19.0 Å². The van der Waals surface area contributed by atoms with Gasteiger partial charge in [-0.3, -0.25) is 0 Å². The number of aromatic nitrogens is 1. The van der Waals surface area contributed by atoms with Gasteiger partial charge in [0.1, 0.15) is 16.5 Å². The van der Waals surface area contributed by atoms with E-state index in [4.69, 9.17) is 23.3 Å². The number of nitriles is 1. The molecule has 0 aromatic carbocycles. The summed E-state index contributed by atoms with van der Waals surface area (Å²) in [6.45, 7) is 1.71. The summed E-state index contributed by atoms with van der Waals surface area (Å²) in [7, 11) is 2.04. The smallest absolute Gasteiger partial charge is 0.123 e. The molecule has 2 heterocycles. The van der Waals surface area contributed by atoms with E-state index in [1.54, 1.807) is 0 Å². The number of nitrogens with two attached hydrogens (primary N) is 1. The molecule has 0 radical (unpaired) electrons. The number of nitrogen functional groups attached to an aromatic ring is 1. The van der Waals surface area contributed by atoms with E-state index in [1.165, 1.54) is 0 Å². The number of nitrogens with zero attached hydrogens (tertiary/aromatic N) is 2. The first-order chi connectivity index (χ1) is 7.67. The van der Waals surface area contributed by atoms with Crippen molar-refractivity contribution in [1.29, 1.82) is 5.26 Å². The van der Waals surface area contributed by atoms with E-state index in [0.29, 0.717) is 16.0 Å². The summed E-state index contributed by atoms with van der Waals surface area (Å²) in [5.74, 6) is 6.16. The van der Waals surface area contributed by atoms with Crippen molar-refractivity contribution in [1.82, 2.24) is 9.88 Å². The molecule has 0 unspecified atom stereocenters. The van der Waals surface area contributed by atoms with Gasteiger partial charge < -0.3 is 15.3 Å². The lowest BCUT2D eigenvalue weighted by Gasteiger charge is -2.27. The van der Waals surface area contributed by atoms with Crippen LogP contribution in [0.25, 0.3) is 0 Å². The lowest BCUT2D eigenvalue weighted by Crippen LogP contribution is -2.29. The van der Waals surface area contributed by atoms with Crippen LogP contribution in [-0.2, 0) is 13.0 Å². The second-order valence-corrected chi connectivity index (χ2v) is 4.31. The van der Waals surface area contributed by atoms with Crippen LogP contribution in [0.4, 0.5) is 5.82 Å². The minimum Gasteiger partial charge on any atom is -0.331 e. The molecule has 1 aliphatic heterocycles. The maximum Gasteiger partial charge on any atom is 0.123 e. The Morgan fingerprint density at radius 2 is 2.31 bits per heavy atom. The van der Waals surface area contributed by atoms with Gasteiger partial charge in [0.2, 0.25) is 0 Å². The Morgan fingerprint density at radius 3 is 2.94 bits per heavy atom. The molecule has 0 aliphatic carbocycles. The van der Waals surface area contributed by atoms with Gasteiger partial charge in [-0.2, -0.15) is 5.26 Å². The molecule has 0 spiro atoms. The molecular weight excluding hydrogens is 222 g/mol. The molecule has 0 amide bonds. The zero-order valence-electron chi connectivity index (χ0n) is 9.00. The average Bonchev–Trinajstić information content (AvgIpc) is 2.28. The van der Waals surface area contributed by atoms with Gasteiger partial charge in [-0.25, -0.2) is 5.84 Å². The number of pyridine rings is 1. The summed E-state index contributed by atoms with van der Waals surface area (Å²) < 4.78 is 0.457. The van der Waals surface area contributed by atoms with Gasteiger partial charge in [0.15, 0.2) is 0 Å². The van der Waals surface area contributed by atoms with Crippen molar-refractivity contribution in [3.8, 4) is 6.07 Å². The Hall–Kier alpha value is -1.42. The molecule has 1 aliphatic rings. The maximum absolute atomic E-state index is 9.10. The zero-order valence-corrected chi connectivity index (χ0v) is 9.82. The van der Waals surface area contributed by atoms with Crippen LogP contribution in [0.5, 0.6) is 0 Å². The predicted molar refractivity (Wildman–Crippen MR) is 64.2 cm³/mol. The Kier molecular flexibility index (Phi) is 2.92. The van der Waals surface area contributed by atoms with Crippen LogP contribution in [0.2, 0.25) is 0 Å². The van der Waals surface area contributed by atoms with E-state index in [0.717, 1.165) is 30.6 Å². The highest BCUT2D eigenvalue weighted by Gasteiger charge is 2.21. The van der Waals surface area contributed by atoms with Crippen molar-refractivity contribution in [2.24, 2.45) is 5.84 Å². The summed E-state index contributed by atoms with van der Waals surface area (Å²) in [6, 6.07) is 2.17. The molecule has 0 saturated carbocycles. The third kappa shape index (κ3) is 1.69. The Morgan fingerprint density at radius 1 is 1.56 bits per heavy atom. The summed E-state index contributed by atoms with van der Waals surface area (Å²) >= 11 is 5.13. The number of likely N-dealkylation sites (N-methyl/N-ethyl adjacent to an activating group) is 1. The number of rotatable bonds is 1. The number of nitrogens with one attached hydrogen (secondary N) is 2.